The van der Waals surface area contributed by atoms with Gasteiger partial charge in [0.05, 0.1) is 12.4 Å². The fourth-order valence-electron chi connectivity index (χ4n) is 2.91. The van der Waals surface area contributed by atoms with Gasteiger partial charge in [-0.2, -0.15) is 0 Å². The van der Waals surface area contributed by atoms with Gasteiger partial charge in [0.2, 0.25) is 10.0 Å². The fraction of sp³-hybridized carbons (Fsp3) is 0.471. The Bertz CT molecular complexity index is 736. The number of rotatable bonds is 9. The Labute approximate surface area is 152 Å². The molecule has 0 bridgehead atoms. The van der Waals surface area contributed by atoms with Crippen molar-refractivity contribution in [2.24, 2.45) is 0 Å². The summed E-state index contributed by atoms with van der Waals surface area (Å²) in [5, 5.41) is 2.92. The van der Waals surface area contributed by atoms with Crippen LogP contribution in [0.2, 0.25) is 0 Å². The number of hydrogen-bond acceptors (Lipinski definition) is 6. The summed E-state index contributed by atoms with van der Waals surface area (Å²) in [4.78, 5) is 6.53. The van der Waals surface area contributed by atoms with Gasteiger partial charge in [-0.3, -0.25) is 0 Å². The molecule has 136 valence electrons. The van der Waals surface area contributed by atoms with Crippen molar-refractivity contribution >= 4 is 26.5 Å². The standard InChI is InChI=1S/C17H23N3O3S2/c21-25(22,13-5-11-23-16-7-2-1-3-8-16)19-14-15-6-4-10-20(15)17-18-9-12-24-17/h1-3,7-9,12,15,19H,4-6,10-11,13-14H2/t15-/m1/s1. The maximum Gasteiger partial charge on any atom is 0.211 e. The molecule has 1 aliphatic heterocycles. The van der Waals surface area contributed by atoms with Crippen molar-refractivity contribution in [1.82, 2.24) is 9.71 Å². The van der Waals surface area contributed by atoms with Gasteiger partial charge in [0.1, 0.15) is 5.75 Å². The summed E-state index contributed by atoms with van der Waals surface area (Å²) < 4.78 is 32.7. The Morgan fingerprint density at radius 1 is 1.32 bits per heavy atom. The zero-order valence-electron chi connectivity index (χ0n) is 14.0. The summed E-state index contributed by atoms with van der Waals surface area (Å²) in [6.07, 6.45) is 4.30. The fourth-order valence-corrected chi connectivity index (χ4v) is 4.74. The average molecular weight is 382 g/mol. The summed E-state index contributed by atoms with van der Waals surface area (Å²) in [5.74, 6) is 0.835. The Balaban J connectivity index is 1.41. The van der Waals surface area contributed by atoms with Crippen LogP contribution in [0.4, 0.5) is 5.13 Å². The highest BCUT2D eigenvalue weighted by atomic mass is 32.2. The van der Waals surface area contributed by atoms with E-state index < -0.39 is 10.0 Å². The van der Waals surface area contributed by atoms with E-state index in [2.05, 4.69) is 14.6 Å². The first-order chi connectivity index (χ1) is 12.1. The van der Waals surface area contributed by atoms with Crippen LogP contribution in [-0.4, -0.2) is 44.9 Å². The predicted octanol–water partition coefficient (Wildman–Crippen LogP) is 2.50. The number of anilines is 1. The summed E-state index contributed by atoms with van der Waals surface area (Å²) >= 11 is 1.59. The molecule has 2 heterocycles. The molecule has 1 saturated heterocycles. The van der Waals surface area contributed by atoms with Gasteiger partial charge in [0.25, 0.3) is 0 Å². The first-order valence-corrected chi connectivity index (χ1v) is 11.0. The second-order valence-electron chi connectivity index (χ2n) is 5.99. The van der Waals surface area contributed by atoms with Crippen molar-refractivity contribution in [2.75, 3.05) is 30.3 Å². The molecule has 1 aromatic heterocycles. The molecule has 1 atom stereocenters. The van der Waals surface area contributed by atoms with E-state index in [0.717, 1.165) is 30.3 Å². The van der Waals surface area contributed by atoms with Crippen LogP contribution in [0.3, 0.4) is 0 Å². The molecule has 1 fully saturated rings. The molecule has 25 heavy (non-hydrogen) atoms. The zero-order chi connectivity index (χ0) is 17.5. The molecular formula is C17H23N3O3S2. The number of thiazole rings is 1. The lowest BCUT2D eigenvalue weighted by Crippen LogP contribution is -2.41. The predicted molar refractivity (Wildman–Crippen MR) is 101 cm³/mol. The third-order valence-corrected chi connectivity index (χ3v) is 6.39. The van der Waals surface area contributed by atoms with Gasteiger partial charge in [0, 0.05) is 30.7 Å². The van der Waals surface area contributed by atoms with Crippen molar-refractivity contribution in [1.29, 1.82) is 0 Å². The molecule has 0 amide bonds. The van der Waals surface area contributed by atoms with Crippen LogP contribution in [-0.2, 0) is 10.0 Å². The molecule has 2 aromatic rings. The molecule has 0 spiro atoms. The minimum Gasteiger partial charge on any atom is -0.494 e. The van der Waals surface area contributed by atoms with Gasteiger partial charge in [-0.15, -0.1) is 11.3 Å². The number of sulfonamides is 1. The van der Waals surface area contributed by atoms with Crippen LogP contribution in [0, 0.1) is 0 Å². The van der Waals surface area contributed by atoms with E-state index in [9.17, 15) is 8.42 Å². The Morgan fingerprint density at radius 2 is 2.16 bits per heavy atom. The smallest absolute Gasteiger partial charge is 0.211 e. The number of aromatic nitrogens is 1. The molecule has 0 radical (unpaired) electrons. The largest absolute Gasteiger partial charge is 0.494 e. The van der Waals surface area contributed by atoms with Gasteiger partial charge >= 0.3 is 0 Å². The highest BCUT2D eigenvalue weighted by molar-refractivity contribution is 7.89. The Morgan fingerprint density at radius 3 is 2.92 bits per heavy atom. The third kappa shape index (κ3) is 5.42. The van der Waals surface area contributed by atoms with Gasteiger partial charge in [-0.25, -0.2) is 18.1 Å². The molecule has 6 nitrogen and oxygen atoms in total. The SMILES string of the molecule is O=S(=O)(CCCOc1ccccc1)NC[C@H]1CCCN1c1nccs1. The van der Waals surface area contributed by atoms with Gasteiger partial charge < -0.3 is 9.64 Å². The van der Waals surface area contributed by atoms with E-state index >= 15 is 0 Å². The number of hydrogen-bond donors (Lipinski definition) is 1. The molecule has 1 aliphatic rings. The lowest BCUT2D eigenvalue weighted by Gasteiger charge is -2.24. The second kappa shape index (κ2) is 8.64. The summed E-state index contributed by atoms with van der Waals surface area (Å²) in [6.45, 7) is 1.76. The molecule has 0 unspecified atom stereocenters. The highest BCUT2D eigenvalue weighted by Crippen LogP contribution is 2.26. The van der Waals surface area contributed by atoms with E-state index in [1.165, 1.54) is 0 Å². The van der Waals surface area contributed by atoms with Crippen molar-refractivity contribution in [3.05, 3.63) is 41.9 Å². The van der Waals surface area contributed by atoms with Gasteiger partial charge in [-0.05, 0) is 31.4 Å². The number of ether oxygens (including phenoxy) is 1. The van der Waals surface area contributed by atoms with Gasteiger partial charge in [-0.1, -0.05) is 18.2 Å². The maximum atomic E-state index is 12.2. The number of nitrogens with one attached hydrogen (secondary N) is 1. The van der Waals surface area contributed by atoms with Crippen molar-refractivity contribution < 1.29 is 13.2 Å². The Hall–Kier alpha value is -1.64. The first-order valence-electron chi connectivity index (χ1n) is 8.45. The van der Waals surface area contributed by atoms with E-state index in [1.807, 2.05) is 35.7 Å². The Kier molecular flexibility index (Phi) is 6.28. The molecular weight excluding hydrogens is 358 g/mol. The van der Waals surface area contributed by atoms with Gasteiger partial charge in [0.15, 0.2) is 5.13 Å². The number of benzene rings is 1. The minimum atomic E-state index is -3.29. The summed E-state index contributed by atoms with van der Waals surface area (Å²) in [5.41, 5.74) is 0. The second-order valence-corrected chi connectivity index (χ2v) is 8.79. The van der Waals surface area contributed by atoms with E-state index in [1.54, 1.807) is 17.5 Å². The van der Waals surface area contributed by atoms with Crippen LogP contribution in [0.5, 0.6) is 5.75 Å². The quantitative estimate of drug-likeness (QED) is 0.676. The van der Waals surface area contributed by atoms with Crippen LogP contribution >= 0.6 is 11.3 Å². The molecule has 0 aliphatic carbocycles. The van der Waals surface area contributed by atoms with Crippen molar-refractivity contribution in [3.63, 3.8) is 0 Å². The lowest BCUT2D eigenvalue weighted by atomic mass is 10.2. The van der Waals surface area contributed by atoms with Crippen LogP contribution < -0.4 is 14.4 Å². The third-order valence-electron chi connectivity index (χ3n) is 4.15. The zero-order valence-corrected chi connectivity index (χ0v) is 15.6. The topological polar surface area (TPSA) is 71.5 Å². The summed E-state index contributed by atoms with van der Waals surface area (Å²) in [6, 6.07) is 9.60. The minimum absolute atomic E-state index is 0.0732. The molecule has 8 heteroatoms. The molecule has 1 N–H and O–H groups in total. The summed E-state index contributed by atoms with van der Waals surface area (Å²) in [7, 11) is -3.29. The normalized spacial score (nSPS) is 17.8. The highest BCUT2D eigenvalue weighted by Gasteiger charge is 2.27. The van der Waals surface area contributed by atoms with Crippen LogP contribution in [0.15, 0.2) is 41.9 Å². The number of para-hydroxylation sites is 1. The van der Waals surface area contributed by atoms with E-state index in [4.69, 9.17) is 4.74 Å². The van der Waals surface area contributed by atoms with E-state index in [0.29, 0.717) is 19.6 Å². The van der Waals surface area contributed by atoms with Crippen LogP contribution in [0.1, 0.15) is 19.3 Å². The molecule has 3 rings (SSSR count). The lowest BCUT2D eigenvalue weighted by molar-refractivity contribution is 0.317. The van der Waals surface area contributed by atoms with Crippen LogP contribution in [0.25, 0.3) is 0 Å². The average Bonchev–Trinajstić information content (AvgIpc) is 3.29. The molecule has 0 saturated carbocycles. The molecule has 1 aromatic carbocycles. The monoisotopic (exact) mass is 381 g/mol. The number of nitrogens with zero attached hydrogens (tertiary/aromatic N) is 2. The maximum absolute atomic E-state index is 12.2. The van der Waals surface area contributed by atoms with Crippen molar-refractivity contribution in [3.8, 4) is 5.75 Å². The van der Waals surface area contributed by atoms with Crippen molar-refractivity contribution in [2.45, 2.75) is 25.3 Å². The van der Waals surface area contributed by atoms with E-state index in [-0.39, 0.29) is 11.8 Å². The first kappa shape index (κ1) is 18.2.